The molecule has 1 aromatic carbocycles. The number of nitrogens with one attached hydrogen (secondary N) is 3. The highest BCUT2D eigenvalue weighted by atomic mass is 32.1. The van der Waals surface area contributed by atoms with Crippen molar-refractivity contribution in [1.82, 2.24) is 25.9 Å². The Morgan fingerprint density at radius 3 is 2.39 bits per heavy atom. The number of hydrogen-bond acceptors (Lipinski definition) is 8. The number of aliphatic hydroxyl groups is 1. The molecule has 6 N–H and O–H groups in total. The third kappa shape index (κ3) is 5.88. The van der Waals surface area contributed by atoms with Gasteiger partial charge in [0.15, 0.2) is 5.67 Å². The van der Waals surface area contributed by atoms with E-state index in [1.165, 1.54) is 16.2 Å². The summed E-state index contributed by atoms with van der Waals surface area (Å²) < 4.78 is 14.4. The quantitative estimate of drug-likeness (QED) is 0.192. The first-order chi connectivity index (χ1) is 17.8. The molecule has 2 aromatic rings. The van der Waals surface area contributed by atoms with Gasteiger partial charge in [0.05, 0.1) is 22.2 Å². The Labute approximate surface area is 225 Å². The fourth-order valence-electron chi connectivity index (χ4n) is 4.58. The van der Waals surface area contributed by atoms with Gasteiger partial charge in [0.1, 0.15) is 18.2 Å². The average molecular weight is 547 g/mol. The van der Waals surface area contributed by atoms with Gasteiger partial charge in [0.2, 0.25) is 11.8 Å². The number of aryl methyl sites for hydroxylation is 1. The summed E-state index contributed by atoms with van der Waals surface area (Å²) in [5.41, 5.74) is 4.27. The second-order valence-corrected chi connectivity index (χ2v) is 12.0. The standard InChI is InChI=1S/C26H35FN6O4S/c1-14-19(38-13-29-14)15-5-7-16(8-6-15)21(32-28)31-22(35)18-11-17(34)12-33(18)23(36)20(25(2,3)4)30-24(37)26(27)9-10-26/h5-8,13,17-18,20-21,32,34H,9-12,28H2,1-4H3,(H,30,37)(H,31,35)/t17-,18+,20-,21+/m1/s1. The normalized spacial score (nSPS) is 22.0. The number of thiazole rings is 1. The number of nitrogens with zero attached hydrogens (tertiary/aromatic N) is 2. The molecule has 1 saturated carbocycles. The number of rotatable bonds is 8. The molecule has 1 aliphatic carbocycles. The number of halogens is 1. The largest absolute Gasteiger partial charge is 0.391 e. The molecule has 4 rings (SSSR count). The first-order valence-corrected chi connectivity index (χ1v) is 13.5. The first kappa shape index (κ1) is 28.1. The van der Waals surface area contributed by atoms with Gasteiger partial charge >= 0.3 is 0 Å². The lowest BCUT2D eigenvalue weighted by atomic mass is 9.85. The number of carbonyl (C=O) groups is 3. The minimum Gasteiger partial charge on any atom is -0.391 e. The van der Waals surface area contributed by atoms with E-state index < -0.39 is 53.2 Å². The van der Waals surface area contributed by atoms with Crippen LogP contribution in [0.1, 0.15) is 57.5 Å². The molecule has 1 aromatic heterocycles. The van der Waals surface area contributed by atoms with Crippen molar-refractivity contribution in [3.8, 4) is 10.4 Å². The van der Waals surface area contributed by atoms with E-state index in [0.29, 0.717) is 5.56 Å². The van der Waals surface area contributed by atoms with Gasteiger partial charge in [-0.05, 0) is 36.3 Å². The zero-order valence-electron chi connectivity index (χ0n) is 22.0. The maximum atomic E-state index is 14.4. The van der Waals surface area contributed by atoms with Crippen molar-refractivity contribution in [2.75, 3.05) is 6.54 Å². The number of nitrogens with two attached hydrogens (primary N) is 1. The predicted octanol–water partition coefficient (Wildman–Crippen LogP) is 1.69. The Hall–Kier alpha value is -2.93. The highest BCUT2D eigenvalue weighted by molar-refractivity contribution is 7.13. The van der Waals surface area contributed by atoms with Gasteiger partial charge in [-0.1, -0.05) is 45.0 Å². The molecule has 12 heteroatoms. The second kappa shape index (κ2) is 10.7. The average Bonchev–Trinajstić information content (AvgIpc) is 3.28. The van der Waals surface area contributed by atoms with E-state index in [2.05, 4.69) is 21.0 Å². The van der Waals surface area contributed by atoms with Gasteiger partial charge in [-0.3, -0.25) is 20.2 Å². The van der Waals surface area contributed by atoms with Crippen molar-refractivity contribution in [2.45, 2.75) is 77.0 Å². The Kier molecular flexibility index (Phi) is 7.89. The third-order valence-corrected chi connectivity index (χ3v) is 8.03. The third-order valence-electron chi connectivity index (χ3n) is 7.05. The van der Waals surface area contributed by atoms with Crippen LogP contribution in [0.5, 0.6) is 0 Å². The van der Waals surface area contributed by atoms with Crippen molar-refractivity contribution in [1.29, 1.82) is 0 Å². The Morgan fingerprint density at radius 1 is 1.21 bits per heavy atom. The zero-order chi connectivity index (χ0) is 27.8. The summed E-state index contributed by atoms with van der Waals surface area (Å²) in [4.78, 5) is 45.9. The molecule has 2 aliphatic rings. The Bertz CT molecular complexity index is 1190. The summed E-state index contributed by atoms with van der Waals surface area (Å²) in [5, 5.41) is 15.7. The maximum absolute atomic E-state index is 14.4. The fourth-order valence-corrected chi connectivity index (χ4v) is 5.39. The van der Waals surface area contributed by atoms with E-state index in [4.69, 9.17) is 5.84 Å². The van der Waals surface area contributed by atoms with Gasteiger partial charge in [-0.2, -0.15) is 0 Å². The van der Waals surface area contributed by atoms with E-state index in [1.54, 1.807) is 26.3 Å². The number of β-amino-alcohol motifs (C(OH)–C–C–N with tert-alkyl or cyclic N) is 1. The maximum Gasteiger partial charge on any atom is 0.258 e. The first-order valence-electron chi connectivity index (χ1n) is 12.6. The lowest BCUT2D eigenvalue weighted by Gasteiger charge is -2.36. The Morgan fingerprint density at radius 2 is 1.87 bits per heavy atom. The van der Waals surface area contributed by atoms with Crippen LogP contribution >= 0.6 is 11.3 Å². The molecule has 0 unspecified atom stereocenters. The summed E-state index contributed by atoms with van der Waals surface area (Å²) in [6, 6.07) is 5.43. The smallest absolute Gasteiger partial charge is 0.258 e. The van der Waals surface area contributed by atoms with Gasteiger partial charge < -0.3 is 20.6 Å². The topological polar surface area (TPSA) is 150 Å². The van der Waals surface area contributed by atoms with Crippen LogP contribution in [0, 0.1) is 12.3 Å². The minimum absolute atomic E-state index is 0.0241. The van der Waals surface area contributed by atoms with Crippen LogP contribution in [0.25, 0.3) is 10.4 Å². The lowest BCUT2D eigenvalue weighted by Crippen LogP contribution is -2.59. The number of aromatic nitrogens is 1. The van der Waals surface area contributed by atoms with Gasteiger partial charge in [0, 0.05) is 13.0 Å². The van der Waals surface area contributed by atoms with Gasteiger partial charge in [-0.25, -0.2) is 14.8 Å². The zero-order valence-corrected chi connectivity index (χ0v) is 22.8. The molecule has 2 fully saturated rings. The number of amides is 3. The van der Waals surface area contributed by atoms with Crippen molar-refractivity contribution < 1.29 is 23.9 Å². The van der Waals surface area contributed by atoms with Crippen LogP contribution in [0.15, 0.2) is 29.8 Å². The summed E-state index contributed by atoms with van der Waals surface area (Å²) in [6.07, 6.45) is -1.41. The molecule has 0 bridgehead atoms. The second-order valence-electron chi connectivity index (χ2n) is 11.1. The van der Waals surface area contributed by atoms with E-state index in [0.717, 1.165) is 16.1 Å². The molecule has 4 atom stereocenters. The number of aliphatic hydroxyl groups excluding tert-OH is 1. The number of hydrazine groups is 1. The predicted molar refractivity (Wildman–Crippen MR) is 141 cm³/mol. The SMILES string of the molecule is Cc1ncsc1-c1ccc([C@H](NN)NC(=O)[C@@H]2C[C@@H](O)CN2C(=O)[C@@H](NC(=O)C2(F)CC2)C(C)(C)C)cc1. The van der Waals surface area contributed by atoms with Crippen molar-refractivity contribution >= 4 is 29.1 Å². The van der Waals surface area contributed by atoms with Crippen molar-refractivity contribution in [3.05, 3.63) is 41.0 Å². The van der Waals surface area contributed by atoms with Gasteiger partial charge in [0.25, 0.3) is 5.91 Å². The molecule has 1 aliphatic heterocycles. The van der Waals surface area contributed by atoms with E-state index in [9.17, 15) is 23.9 Å². The van der Waals surface area contributed by atoms with E-state index in [1.807, 2.05) is 31.2 Å². The van der Waals surface area contributed by atoms with Crippen LogP contribution in [0.3, 0.4) is 0 Å². The summed E-state index contributed by atoms with van der Waals surface area (Å²) in [6.45, 7) is 7.11. The summed E-state index contributed by atoms with van der Waals surface area (Å²) >= 11 is 1.54. The lowest BCUT2D eigenvalue weighted by molar-refractivity contribution is -0.145. The van der Waals surface area contributed by atoms with Crippen LogP contribution in [0.2, 0.25) is 0 Å². The monoisotopic (exact) mass is 546 g/mol. The molecule has 3 amide bonds. The molecule has 2 heterocycles. The summed E-state index contributed by atoms with van der Waals surface area (Å²) in [5.74, 6) is 3.87. The minimum atomic E-state index is -1.95. The number of alkyl halides is 1. The molecule has 0 spiro atoms. The molecule has 10 nitrogen and oxygen atoms in total. The highest BCUT2D eigenvalue weighted by Gasteiger charge is 2.53. The highest BCUT2D eigenvalue weighted by Crippen LogP contribution is 2.40. The molecule has 0 radical (unpaired) electrons. The van der Waals surface area contributed by atoms with Crippen LogP contribution in [0.4, 0.5) is 4.39 Å². The molecular weight excluding hydrogens is 511 g/mol. The molecule has 206 valence electrons. The molecule has 38 heavy (non-hydrogen) atoms. The van der Waals surface area contributed by atoms with Crippen molar-refractivity contribution in [3.63, 3.8) is 0 Å². The van der Waals surface area contributed by atoms with Gasteiger partial charge in [-0.15, -0.1) is 11.3 Å². The number of hydrogen-bond donors (Lipinski definition) is 5. The van der Waals surface area contributed by atoms with Crippen molar-refractivity contribution in [2.24, 2.45) is 11.3 Å². The number of carbonyl (C=O) groups excluding carboxylic acids is 3. The molecular formula is C26H35FN6O4S. The van der Waals surface area contributed by atoms with E-state index in [-0.39, 0.29) is 25.8 Å². The number of benzene rings is 1. The fraction of sp³-hybridized carbons (Fsp3) is 0.538. The molecule has 1 saturated heterocycles. The Balaban J connectivity index is 1.48. The number of likely N-dealkylation sites (tertiary alicyclic amines) is 1. The summed E-state index contributed by atoms with van der Waals surface area (Å²) in [7, 11) is 0. The van der Waals surface area contributed by atoms with Crippen LogP contribution in [-0.4, -0.2) is 63.1 Å². The van der Waals surface area contributed by atoms with Crippen LogP contribution in [-0.2, 0) is 14.4 Å². The van der Waals surface area contributed by atoms with E-state index >= 15 is 0 Å². The van der Waals surface area contributed by atoms with Crippen LogP contribution < -0.4 is 21.9 Å².